The average molecular weight is 248 g/mol. The van der Waals surface area contributed by atoms with E-state index in [-0.39, 0.29) is 0 Å². The van der Waals surface area contributed by atoms with Gasteiger partial charge in [-0.1, -0.05) is 25.5 Å². The summed E-state index contributed by atoms with van der Waals surface area (Å²) >= 11 is 0. The van der Waals surface area contributed by atoms with Crippen LogP contribution in [0.15, 0.2) is 24.3 Å². The highest BCUT2D eigenvalue weighted by molar-refractivity contribution is 5.41. The highest BCUT2D eigenvalue weighted by Gasteiger charge is 2.20. The maximum atomic E-state index is 10.2. The summed E-state index contributed by atoms with van der Waals surface area (Å²) in [6.45, 7) is 5.21. The number of aliphatic hydroxyl groups excluding tert-OH is 1. The monoisotopic (exact) mass is 248 g/mol. The van der Waals surface area contributed by atoms with E-state index in [1.165, 1.54) is 19.3 Å². The topological polar surface area (TPSA) is 49.5 Å². The van der Waals surface area contributed by atoms with Gasteiger partial charge in [0.25, 0.3) is 0 Å². The van der Waals surface area contributed by atoms with Crippen molar-refractivity contribution in [1.82, 2.24) is 4.90 Å². The first-order valence-corrected chi connectivity index (χ1v) is 6.95. The number of nitrogens with zero attached hydrogens (tertiary/aromatic N) is 1. The molecule has 0 bridgehead atoms. The molecule has 0 aromatic heterocycles. The lowest BCUT2D eigenvalue weighted by molar-refractivity contribution is 0.0888. The second-order valence-corrected chi connectivity index (χ2v) is 5.34. The van der Waals surface area contributed by atoms with Crippen LogP contribution in [0.2, 0.25) is 0 Å². The fraction of sp³-hybridized carbons (Fsp3) is 0.600. The number of nitrogens with two attached hydrogens (primary N) is 1. The van der Waals surface area contributed by atoms with E-state index in [9.17, 15) is 5.11 Å². The first-order valence-electron chi connectivity index (χ1n) is 6.95. The van der Waals surface area contributed by atoms with Gasteiger partial charge in [-0.15, -0.1) is 0 Å². The van der Waals surface area contributed by atoms with Crippen molar-refractivity contribution in [3.05, 3.63) is 29.8 Å². The second kappa shape index (κ2) is 6.21. The number of anilines is 1. The lowest BCUT2D eigenvalue weighted by Crippen LogP contribution is -2.36. The molecule has 1 aliphatic rings. The zero-order valence-electron chi connectivity index (χ0n) is 11.2. The Labute approximate surface area is 110 Å². The van der Waals surface area contributed by atoms with Crippen LogP contribution in [-0.2, 0) is 0 Å². The molecular weight excluding hydrogens is 224 g/mol. The number of hydrogen-bond donors (Lipinski definition) is 2. The molecule has 100 valence electrons. The van der Waals surface area contributed by atoms with E-state index >= 15 is 0 Å². The van der Waals surface area contributed by atoms with Gasteiger partial charge >= 0.3 is 0 Å². The maximum Gasteiger partial charge on any atom is 0.0917 e. The molecule has 0 aliphatic carbocycles. The summed E-state index contributed by atoms with van der Waals surface area (Å²) < 4.78 is 0. The van der Waals surface area contributed by atoms with Crippen molar-refractivity contribution in [2.75, 3.05) is 25.4 Å². The Bertz CT molecular complexity index is 373. The molecule has 1 heterocycles. The predicted octanol–water partition coefficient (Wildman–Crippen LogP) is 2.42. The summed E-state index contributed by atoms with van der Waals surface area (Å²) in [6, 6.07) is 7.56. The number of nitrogen functional groups attached to an aromatic ring is 1. The summed E-state index contributed by atoms with van der Waals surface area (Å²) in [6.07, 6.45) is 3.39. The van der Waals surface area contributed by atoms with Crippen LogP contribution in [0.5, 0.6) is 0 Å². The van der Waals surface area contributed by atoms with Crippen LogP contribution in [-0.4, -0.2) is 29.6 Å². The molecule has 1 saturated heterocycles. The Balaban J connectivity index is 1.86. The first kappa shape index (κ1) is 13.4. The molecule has 1 unspecified atom stereocenters. The zero-order valence-corrected chi connectivity index (χ0v) is 11.2. The smallest absolute Gasteiger partial charge is 0.0917 e. The molecule has 3 nitrogen and oxygen atoms in total. The highest BCUT2D eigenvalue weighted by atomic mass is 16.3. The molecule has 2 rings (SSSR count). The molecule has 0 saturated carbocycles. The van der Waals surface area contributed by atoms with Gasteiger partial charge in [0.1, 0.15) is 0 Å². The van der Waals surface area contributed by atoms with Gasteiger partial charge < -0.3 is 15.7 Å². The Morgan fingerprint density at radius 1 is 1.39 bits per heavy atom. The van der Waals surface area contributed by atoms with Crippen molar-refractivity contribution in [2.24, 2.45) is 5.92 Å². The van der Waals surface area contributed by atoms with E-state index in [0.29, 0.717) is 0 Å². The van der Waals surface area contributed by atoms with E-state index < -0.39 is 6.10 Å². The molecular formula is C15H24N2O. The van der Waals surface area contributed by atoms with Crippen LogP contribution in [0, 0.1) is 5.92 Å². The third kappa shape index (κ3) is 3.47. The molecule has 0 amide bonds. The van der Waals surface area contributed by atoms with Crippen molar-refractivity contribution in [1.29, 1.82) is 0 Å². The Morgan fingerprint density at radius 3 is 2.72 bits per heavy atom. The lowest BCUT2D eigenvalue weighted by Gasteiger charge is -2.32. The third-order valence-electron chi connectivity index (χ3n) is 4.01. The fourth-order valence-electron chi connectivity index (χ4n) is 2.69. The molecule has 0 radical (unpaired) electrons. The Kier molecular flexibility index (Phi) is 4.61. The summed E-state index contributed by atoms with van der Waals surface area (Å²) in [5.41, 5.74) is 7.38. The quantitative estimate of drug-likeness (QED) is 0.805. The molecule has 1 aromatic carbocycles. The van der Waals surface area contributed by atoms with Crippen molar-refractivity contribution in [3.8, 4) is 0 Å². The normalized spacial score (nSPS) is 19.9. The minimum Gasteiger partial charge on any atom is -0.399 e. The Morgan fingerprint density at radius 2 is 2.11 bits per heavy atom. The van der Waals surface area contributed by atoms with Gasteiger partial charge in [-0.25, -0.2) is 0 Å². The van der Waals surface area contributed by atoms with Crippen LogP contribution in [0.3, 0.4) is 0 Å². The van der Waals surface area contributed by atoms with Crippen LogP contribution in [0.4, 0.5) is 5.69 Å². The van der Waals surface area contributed by atoms with Crippen LogP contribution >= 0.6 is 0 Å². The van der Waals surface area contributed by atoms with Crippen molar-refractivity contribution in [3.63, 3.8) is 0 Å². The van der Waals surface area contributed by atoms with Crippen LogP contribution < -0.4 is 5.73 Å². The van der Waals surface area contributed by atoms with Crippen LogP contribution in [0.25, 0.3) is 0 Å². The molecule has 1 aromatic rings. The number of hydrogen-bond acceptors (Lipinski definition) is 3. The summed E-state index contributed by atoms with van der Waals surface area (Å²) in [4.78, 5) is 2.36. The van der Waals surface area contributed by atoms with Gasteiger partial charge in [-0.3, -0.25) is 0 Å². The van der Waals surface area contributed by atoms with Gasteiger partial charge in [0.05, 0.1) is 6.10 Å². The van der Waals surface area contributed by atoms with Crippen LogP contribution in [0.1, 0.15) is 37.9 Å². The Hall–Kier alpha value is -1.06. The van der Waals surface area contributed by atoms with E-state index in [2.05, 4.69) is 11.8 Å². The van der Waals surface area contributed by atoms with E-state index in [0.717, 1.165) is 36.8 Å². The zero-order chi connectivity index (χ0) is 13.0. The van der Waals surface area contributed by atoms with Crippen molar-refractivity contribution in [2.45, 2.75) is 32.3 Å². The number of benzene rings is 1. The van der Waals surface area contributed by atoms with E-state index in [1.807, 2.05) is 24.3 Å². The van der Waals surface area contributed by atoms with Crippen molar-refractivity contribution < 1.29 is 5.11 Å². The van der Waals surface area contributed by atoms with Gasteiger partial charge in [-0.2, -0.15) is 0 Å². The number of β-amino-alcohol motifs (C(OH)–C–C–N with tert-alkyl or cyclic N) is 1. The first-order chi connectivity index (χ1) is 8.69. The highest BCUT2D eigenvalue weighted by Crippen LogP contribution is 2.23. The standard InChI is InChI=1S/C15H24N2O/c1-2-12-6-8-17(9-7-12)11-15(18)13-4-3-5-14(16)10-13/h3-5,10,12,15,18H,2,6-9,11,16H2,1H3. The predicted molar refractivity (Wildman–Crippen MR) is 75.3 cm³/mol. The molecule has 0 spiro atoms. The average Bonchev–Trinajstić information content (AvgIpc) is 2.39. The molecule has 18 heavy (non-hydrogen) atoms. The number of piperidine rings is 1. The number of rotatable bonds is 4. The molecule has 1 atom stereocenters. The molecule has 3 heteroatoms. The largest absolute Gasteiger partial charge is 0.399 e. The molecule has 1 fully saturated rings. The van der Waals surface area contributed by atoms with Crippen molar-refractivity contribution >= 4 is 5.69 Å². The van der Waals surface area contributed by atoms with E-state index in [1.54, 1.807) is 0 Å². The second-order valence-electron chi connectivity index (χ2n) is 5.34. The van der Waals surface area contributed by atoms with Gasteiger partial charge in [0.2, 0.25) is 0 Å². The summed E-state index contributed by atoms with van der Waals surface area (Å²) in [5.74, 6) is 0.880. The number of aliphatic hydroxyl groups is 1. The third-order valence-corrected chi connectivity index (χ3v) is 4.01. The minimum atomic E-state index is -0.424. The fourth-order valence-corrected chi connectivity index (χ4v) is 2.69. The molecule has 3 N–H and O–H groups in total. The summed E-state index contributed by atoms with van der Waals surface area (Å²) in [5, 5.41) is 10.2. The molecule has 1 aliphatic heterocycles. The lowest BCUT2D eigenvalue weighted by atomic mass is 9.94. The van der Waals surface area contributed by atoms with Gasteiger partial charge in [-0.05, 0) is 49.5 Å². The number of likely N-dealkylation sites (tertiary alicyclic amines) is 1. The SMILES string of the molecule is CCC1CCN(CC(O)c2cccc(N)c2)CC1. The minimum absolute atomic E-state index is 0.424. The van der Waals surface area contributed by atoms with Gasteiger partial charge in [0.15, 0.2) is 0 Å². The maximum absolute atomic E-state index is 10.2. The van der Waals surface area contributed by atoms with Gasteiger partial charge in [0, 0.05) is 12.2 Å². The summed E-state index contributed by atoms with van der Waals surface area (Å²) in [7, 11) is 0. The van der Waals surface area contributed by atoms with E-state index in [4.69, 9.17) is 5.73 Å².